The third kappa shape index (κ3) is 4.10. The average Bonchev–Trinajstić information content (AvgIpc) is 2.06. The largest absolute Gasteiger partial charge is 0.469 e. The molecule has 0 spiro atoms. The van der Waals surface area contributed by atoms with E-state index in [9.17, 15) is 4.79 Å². The van der Waals surface area contributed by atoms with E-state index in [1.807, 2.05) is 0 Å². The molecule has 4 heteroatoms. The van der Waals surface area contributed by atoms with Crippen molar-refractivity contribution in [2.45, 2.75) is 31.8 Å². The predicted molar refractivity (Wildman–Crippen MR) is 50.2 cm³/mol. The molecule has 1 unspecified atom stereocenters. The van der Waals surface area contributed by atoms with Crippen LogP contribution in [0, 0.1) is 0 Å². The lowest BCUT2D eigenvalue weighted by Crippen LogP contribution is -2.22. The van der Waals surface area contributed by atoms with Crippen molar-refractivity contribution < 1.29 is 14.3 Å². The SMILES string of the molecule is COC(=O)CC1CCCCO1.[AlH3]. The fourth-order valence-electron chi connectivity index (χ4n) is 1.24. The van der Waals surface area contributed by atoms with E-state index in [0.29, 0.717) is 6.42 Å². The Kier molecular flexibility index (Phi) is 6.46. The minimum atomic E-state index is -0.170. The van der Waals surface area contributed by atoms with Gasteiger partial charge in [-0.25, -0.2) is 0 Å². The van der Waals surface area contributed by atoms with Gasteiger partial charge < -0.3 is 9.47 Å². The highest BCUT2D eigenvalue weighted by atomic mass is 27.0. The highest BCUT2D eigenvalue weighted by molar-refractivity contribution is 5.75. The average molecular weight is 188 g/mol. The van der Waals surface area contributed by atoms with Crippen molar-refractivity contribution in [3.8, 4) is 0 Å². The molecule has 1 rings (SSSR count). The molecular weight excluding hydrogens is 171 g/mol. The number of rotatable bonds is 2. The van der Waals surface area contributed by atoms with Crippen LogP contribution >= 0.6 is 0 Å². The Labute approximate surface area is 83.6 Å². The summed E-state index contributed by atoms with van der Waals surface area (Å²) in [5.41, 5.74) is 0. The molecule has 0 aliphatic carbocycles. The van der Waals surface area contributed by atoms with E-state index < -0.39 is 0 Å². The maximum absolute atomic E-state index is 10.8. The number of hydrogen-bond acceptors (Lipinski definition) is 3. The van der Waals surface area contributed by atoms with Crippen molar-refractivity contribution in [2.75, 3.05) is 13.7 Å². The van der Waals surface area contributed by atoms with Gasteiger partial charge in [0, 0.05) is 6.61 Å². The summed E-state index contributed by atoms with van der Waals surface area (Å²) < 4.78 is 9.88. The fourth-order valence-corrected chi connectivity index (χ4v) is 1.24. The number of hydrogen-bond donors (Lipinski definition) is 0. The second kappa shape index (κ2) is 6.48. The van der Waals surface area contributed by atoms with Crippen LogP contribution < -0.4 is 0 Å². The summed E-state index contributed by atoms with van der Waals surface area (Å²) in [6, 6.07) is 0. The third-order valence-corrected chi connectivity index (χ3v) is 1.90. The van der Waals surface area contributed by atoms with Crippen LogP contribution in [0.4, 0.5) is 0 Å². The van der Waals surface area contributed by atoms with Gasteiger partial charge in [0.05, 0.1) is 19.6 Å². The molecule has 3 nitrogen and oxygen atoms in total. The van der Waals surface area contributed by atoms with Crippen molar-refractivity contribution in [3.05, 3.63) is 0 Å². The lowest BCUT2D eigenvalue weighted by molar-refractivity contribution is -0.144. The molecule has 0 radical (unpaired) electrons. The van der Waals surface area contributed by atoms with Crippen molar-refractivity contribution in [2.24, 2.45) is 0 Å². The molecule has 1 fully saturated rings. The molecule has 0 saturated carbocycles. The Bertz CT molecular complexity index is 132. The lowest BCUT2D eigenvalue weighted by Gasteiger charge is -2.21. The number of esters is 1. The van der Waals surface area contributed by atoms with Crippen LogP contribution in [-0.4, -0.2) is 43.2 Å². The first-order valence-electron chi connectivity index (χ1n) is 4.01. The van der Waals surface area contributed by atoms with Crippen LogP contribution in [-0.2, 0) is 14.3 Å². The summed E-state index contributed by atoms with van der Waals surface area (Å²) in [6.07, 6.45) is 3.81. The Hall–Kier alpha value is -0.0375. The van der Waals surface area contributed by atoms with Crippen LogP contribution in [0.3, 0.4) is 0 Å². The van der Waals surface area contributed by atoms with Gasteiger partial charge in [-0.1, -0.05) is 0 Å². The Balaban J connectivity index is 0.00000121. The molecule has 0 aromatic rings. The van der Waals surface area contributed by atoms with Crippen LogP contribution in [0.1, 0.15) is 25.7 Å². The van der Waals surface area contributed by atoms with Crippen LogP contribution in [0.5, 0.6) is 0 Å². The van der Waals surface area contributed by atoms with E-state index in [-0.39, 0.29) is 29.4 Å². The number of carbonyl (C=O) groups is 1. The zero-order valence-electron chi connectivity index (χ0n) is 6.84. The van der Waals surface area contributed by atoms with Crippen LogP contribution in [0.25, 0.3) is 0 Å². The summed E-state index contributed by atoms with van der Waals surface area (Å²) in [6.45, 7) is 0.793. The second-order valence-corrected chi connectivity index (χ2v) is 2.77. The summed E-state index contributed by atoms with van der Waals surface area (Å²) >= 11 is 0. The Morgan fingerprint density at radius 2 is 2.33 bits per heavy atom. The molecule has 1 aliphatic rings. The number of carbonyl (C=O) groups excluding carboxylic acids is 1. The number of methoxy groups -OCH3 is 1. The van der Waals surface area contributed by atoms with Gasteiger partial charge in [-0.15, -0.1) is 0 Å². The molecule has 1 aliphatic heterocycles. The first-order valence-corrected chi connectivity index (χ1v) is 4.01. The minimum absolute atomic E-state index is 0. The molecule has 12 heavy (non-hydrogen) atoms. The summed E-state index contributed by atoms with van der Waals surface area (Å²) in [4.78, 5) is 10.8. The van der Waals surface area contributed by atoms with Crippen LogP contribution in [0.2, 0.25) is 0 Å². The topological polar surface area (TPSA) is 35.5 Å². The van der Waals surface area contributed by atoms with E-state index in [0.717, 1.165) is 19.4 Å². The fraction of sp³-hybridized carbons (Fsp3) is 0.875. The zero-order valence-corrected chi connectivity index (χ0v) is 6.84. The van der Waals surface area contributed by atoms with Gasteiger partial charge >= 0.3 is 5.97 Å². The first-order chi connectivity index (χ1) is 5.33. The maximum Gasteiger partial charge on any atom is 0.308 e. The molecule has 0 aromatic heterocycles. The molecule has 0 N–H and O–H groups in total. The van der Waals surface area contributed by atoms with Gasteiger partial charge in [-0.3, -0.25) is 4.79 Å². The lowest BCUT2D eigenvalue weighted by atomic mass is 10.1. The van der Waals surface area contributed by atoms with Gasteiger partial charge in [-0.05, 0) is 19.3 Å². The quantitative estimate of drug-likeness (QED) is 0.449. The third-order valence-electron chi connectivity index (χ3n) is 1.90. The smallest absolute Gasteiger partial charge is 0.308 e. The molecule has 1 saturated heterocycles. The van der Waals surface area contributed by atoms with Gasteiger partial charge in [0.1, 0.15) is 0 Å². The highest BCUT2D eigenvalue weighted by Crippen LogP contribution is 2.15. The summed E-state index contributed by atoms with van der Waals surface area (Å²) in [5, 5.41) is 0. The molecular formula is C8H17AlO3. The van der Waals surface area contributed by atoms with Gasteiger partial charge in [-0.2, -0.15) is 0 Å². The van der Waals surface area contributed by atoms with Crippen molar-refractivity contribution in [1.82, 2.24) is 0 Å². The monoisotopic (exact) mass is 188 g/mol. The van der Waals surface area contributed by atoms with E-state index in [1.54, 1.807) is 0 Å². The van der Waals surface area contributed by atoms with Crippen molar-refractivity contribution in [3.63, 3.8) is 0 Å². The molecule has 0 amide bonds. The molecule has 1 heterocycles. The van der Waals surface area contributed by atoms with E-state index >= 15 is 0 Å². The van der Waals surface area contributed by atoms with Crippen molar-refractivity contribution >= 4 is 23.3 Å². The zero-order chi connectivity index (χ0) is 8.10. The predicted octanol–water partition coefficient (Wildman–Crippen LogP) is -0.0653. The van der Waals surface area contributed by atoms with Crippen molar-refractivity contribution in [1.29, 1.82) is 0 Å². The van der Waals surface area contributed by atoms with Crippen LogP contribution in [0.15, 0.2) is 0 Å². The van der Waals surface area contributed by atoms with E-state index in [4.69, 9.17) is 4.74 Å². The first kappa shape index (κ1) is 12.0. The highest BCUT2D eigenvalue weighted by Gasteiger charge is 2.17. The second-order valence-electron chi connectivity index (χ2n) is 2.77. The normalized spacial score (nSPS) is 22.6. The minimum Gasteiger partial charge on any atom is -0.469 e. The Morgan fingerprint density at radius 3 is 2.83 bits per heavy atom. The van der Waals surface area contributed by atoms with E-state index in [1.165, 1.54) is 13.5 Å². The molecule has 0 aromatic carbocycles. The number of ether oxygens (including phenoxy) is 2. The Morgan fingerprint density at radius 1 is 1.58 bits per heavy atom. The molecule has 0 bridgehead atoms. The summed E-state index contributed by atoms with van der Waals surface area (Å²) in [7, 11) is 1.41. The van der Waals surface area contributed by atoms with Gasteiger partial charge in [0.15, 0.2) is 17.4 Å². The van der Waals surface area contributed by atoms with Gasteiger partial charge in [0.25, 0.3) is 0 Å². The standard InChI is InChI=1S/C8H14O3.Al.3H/c1-10-8(9)6-7-4-2-3-5-11-7;;;;/h7H,2-6H2,1H3;;;;. The van der Waals surface area contributed by atoms with E-state index in [2.05, 4.69) is 4.74 Å². The molecule has 1 atom stereocenters. The van der Waals surface area contributed by atoms with Gasteiger partial charge in [0.2, 0.25) is 0 Å². The summed E-state index contributed by atoms with van der Waals surface area (Å²) in [5.74, 6) is -0.170. The maximum atomic E-state index is 10.8. The molecule has 70 valence electrons.